The number of carbonyl (C=O) groups excluding carboxylic acids is 2. The van der Waals surface area contributed by atoms with Crippen molar-refractivity contribution in [2.24, 2.45) is 0 Å². The van der Waals surface area contributed by atoms with Gasteiger partial charge in [-0.2, -0.15) is 0 Å². The molecule has 38 heavy (non-hydrogen) atoms. The molecule has 2 unspecified atom stereocenters. The van der Waals surface area contributed by atoms with Gasteiger partial charge < -0.3 is 19.7 Å². The summed E-state index contributed by atoms with van der Waals surface area (Å²) in [6.45, 7) is 3.44. The second-order valence-electron chi connectivity index (χ2n) is 9.09. The molecule has 0 radical (unpaired) electrons. The van der Waals surface area contributed by atoms with E-state index in [0.717, 1.165) is 33.4 Å². The summed E-state index contributed by atoms with van der Waals surface area (Å²) in [5.74, 6) is -0.256. The lowest BCUT2D eigenvalue weighted by Gasteiger charge is -2.09. The van der Waals surface area contributed by atoms with Gasteiger partial charge in [0.2, 0.25) is 0 Å². The molecule has 6 heteroatoms. The molecule has 0 aliphatic heterocycles. The number of aliphatic hydroxyl groups is 2. The maximum atomic E-state index is 12.2. The molecule has 6 nitrogen and oxygen atoms in total. The Morgan fingerprint density at radius 2 is 0.789 bits per heavy atom. The summed E-state index contributed by atoms with van der Waals surface area (Å²) >= 11 is 0. The van der Waals surface area contributed by atoms with Crippen LogP contribution in [0.2, 0.25) is 0 Å². The Morgan fingerprint density at radius 3 is 1.05 bits per heavy atom. The van der Waals surface area contributed by atoms with Crippen LogP contribution in [0.15, 0.2) is 97.1 Å². The molecule has 0 saturated heterocycles. The highest BCUT2D eigenvalue weighted by Crippen LogP contribution is 2.26. The Labute approximate surface area is 222 Å². The van der Waals surface area contributed by atoms with Crippen LogP contribution in [0, 0.1) is 0 Å². The van der Waals surface area contributed by atoms with Gasteiger partial charge in [0.25, 0.3) is 0 Å². The minimum Gasteiger partial charge on any atom is -0.427 e. The highest BCUT2D eigenvalue weighted by Gasteiger charge is 2.12. The summed E-state index contributed by atoms with van der Waals surface area (Å²) in [5, 5.41) is 19.3. The molecule has 0 aromatic heterocycles. The standard InChI is InChI=1S/C32H30O6/c1-21(33)23-3-7-25(8-4-23)27-11-15-29(16-12-27)37-31(35)19-20-32(36)38-30-17-13-28(14-18-30)26-9-5-24(6-10-26)22(2)34/h3-18,21-22,33-34H,19-20H2,1-2H3. The van der Waals surface area contributed by atoms with Gasteiger partial charge in [0.15, 0.2) is 0 Å². The third kappa shape index (κ3) is 7.16. The van der Waals surface area contributed by atoms with Gasteiger partial charge in [0.05, 0.1) is 25.0 Å². The third-order valence-corrected chi connectivity index (χ3v) is 6.16. The molecule has 194 valence electrons. The van der Waals surface area contributed by atoms with Crippen molar-refractivity contribution in [1.82, 2.24) is 0 Å². The number of benzene rings is 4. The summed E-state index contributed by atoms with van der Waals surface area (Å²) in [5.41, 5.74) is 5.56. The SMILES string of the molecule is CC(O)c1ccc(-c2ccc(OC(=O)CCC(=O)Oc3ccc(-c4ccc(C(C)O)cc4)cc3)cc2)cc1. The minimum atomic E-state index is -0.521. The molecule has 0 aliphatic rings. The lowest BCUT2D eigenvalue weighted by molar-refractivity contribution is -0.140. The monoisotopic (exact) mass is 510 g/mol. The van der Waals surface area contributed by atoms with E-state index >= 15 is 0 Å². The van der Waals surface area contributed by atoms with Gasteiger partial charge in [-0.25, -0.2) is 0 Å². The van der Waals surface area contributed by atoms with Crippen molar-refractivity contribution in [2.75, 3.05) is 0 Å². The summed E-state index contributed by atoms with van der Waals surface area (Å²) in [7, 11) is 0. The van der Waals surface area contributed by atoms with Crippen molar-refractivity contribution in [2.45, 2.75) is 38.9 Å². The van der Waals surface area contributed by atoms with Crippen LogP contribution < -0.4 is 9.47 Å². The molecule has 0 amide bonds. The van der Waals surface area contributed by atoms with Crippen molar-refractivity contribution < 1.29 is 29.3 Å². The topological polar surface area (TPSA) is 93.1 Å². The third-order valence-electron chi connectivity index (χ3n) is 6.16. The zero-order valence-electron chi connectivity index (χ0n) is 21.3. The molecule has 2 atom stereocenters. The number of carbonyl (C=O) groups is 2. The quantitative estimate of drug-likeness (QED) is 0.199. The first-order valence-corrected chi connectivity index (χ1v) is 12.5. The number of hydrogen-bond acceptors (Lipinski definition) is 6. The van der Waals surface area contributed by atoms with Gasteiger partial charge in [0.1, 0.15) is 11.5 Å². The fraction of sp³-hybridized carbons (Fsp3) is 0.188. The predicted octanol–water partition coefficient (Wildman–Crippen LogP) is 6.42. The molecule has 4 rings (SSSR count). The van der Waals surface area contributed by atoms with Gasteiger partial charge in [-0.3, -0.25) is 9.59 Å². The molecule has 0 aliphatic carbocycles. The lowest BCUT2D eigenvalue weighted by atomic mass is 10.0. The zero-order chi connectivity index (χ0) is 27.1. The van der Waals surface area contributed by atoms with E-state index in [0.29, 0.717) is 11.5 Å². The summed E-state index contributed by atoms with van der Waals surface area (Å²) < 4.78 is 10.7. The van der Waals surface area contributed by atoms with Gasteiger partial charge in [-0.05, 0) is 71.5 Å². The van der Waals surface area contributed by atoms with E-state index in [-0.39, 0.29) is 12.8 Å². The highest BCUT2D eigenvalue weighted by atomic mass is 16.5. The molecule has 0 spiro atoms. The molecule has 4 aromatic carbocycles. The first-order valence-electron chi connectivity index (χ1n) is 12.5. The Bertz CT molecular complexity index is 1240. The van der Waals surface area contributed by atoms with E-state index in [4.69, 9.17) is 9.47 Å². The van der Waals surface area contributed by atoms with Crippen LogP contribution >= 0.6 is 0 Å². The van der Waals surface area contributed by atoms with Gasteiger partial charge >= 0.3 is 11.9 Å². The summed E-state index contributed by atoms with van der Waals surface area (Å²) in [6, 6.07) is 29.4. The zero-order valence-corrected chi connectivity index (χ0v) is 21.3. The first-order chi connectivity index (χ1) is 18.3. The molecule has 0 saturated carbocycles. The maximum absolute atomic E-state index is 12.2. The van der Waals surface area contributed by atoms with Crippen molar-refractivity contribution in [3.63, 3.8) is 0 Å². The predicted molar refractivity (Wildman–Crippen MR) is 146 cm³/mol. The van der Waals surface area contributed by atoms with Crippen LogP contribution in [0.4, 0.5) is 0 Å². The average molecular weight is 511 g/mol. The highest BCUT2D eigenvalue weighted by molar-refractivity contribution is 5.80. The van der Waals surface area contributed by atoms with Crippen LogP contribution in [0.3, 0.4) is 0 Å². The van der Waals surface area contributed by atoms with E-state index in [9.17, 15) is 19.8 Å². The van der Waals surface area contributed by atoms with Gasteiger partial charge in [-0.1, -0.05) is 72.8 Å². The maximum Gasteiger partial charge on any atom is 0.311 e. The molecule has 0 heterocycles. The Balaban J connectivity index is 1.24. The Kier molecular flexibility index (Phi) is 8.69. The van der Waals surface area contributed by atoms with E-state index < -0.39 is 24.1 Å². The van der Waals surface area contributed by atoms with Crippen molar-refractivity contribution >= 4 is 11.9 Å². The van der Waals surface area contributed by atoms with Gasteiger partial charge in [0, 0.05) is 0 Å². The van der Waals surface area contributed by atoms with Crippen LogP contribution in [0.5, 0.6) is 11.5 Å². The van der Waals surface area contributed by atoms with Crippen molar-refractivity contribution in [3.05, 3.63) is 108 Å². The second kappa shape index (κ2) is 12.3. The fourth-order valence-electron chi connectivity index (χ4n) is 3.91. The number of esters is 2. The van der Waals surface area contributed by atoms with E-state index in [1.165, 1.54) is 0 Å². The molecular formula is C32H30O6. The van der Waals surface area contributed by atoms with E-state index in [2.05, 4.69) is 0 Å². The average Bonchev–Trinajstić information content (AvgIpc) is 2.93. The molecular weight excluding hydrogens is 480 g/mol. The number of hydrogen-bond donors (Lipinski definition) is 2. The van der Waals surface area contributed by atoms with E-state index in [1.54, 1.807) is 38.1 Å². The van der Waals surface area contributed by atoms with E-state index in [1.807, 2.05) is 72.8 Å². The van der Waals surface area contributed by atoms with Crippen LogP contribution in [-0.4, -0.2) is 22.2 Å². The van der Waals surface area contributed by atoms with Crippen molar-refractivity contribution in [1.29, 1.82) is 0 Å². The number of ether oxygens (including phenoxy) is 2. The molecule has 0 bridgehead atoms. The summed E-state index contributed by atoms with van der Waals surface area (Å²) in [4.78, 5) is 24.4. The van der Waals surface area contributed by atoms with Crippen molar-refractivity contribution in [3.8, 4) is 33.8 Å². The normalized spacial score (nSPS) is 12.4. The smallest absolute Gasteiger partial charge is 0.311 e. The van der Waals surface area contributed by atoms with Crippen LogP contribution in [0.1, 0.15) is 50.0 Å². The fourth-order valence-corrected chi connectivity index (χ4v) is 3.91. The Hall–Kier alpha value is -4.26. The Morgan fingerprint density at radius 1 is 0.526 bits per heavy atom. The second-order valence-corrected chi connectivity index (χ2v) is 9.09. The molecule has 4 aromatic rings. The number of aliphatic hydroxyl groups excluding tert-OH is 2. The minimum absolute atomic E-state index is 0.102. The van der Waals surface area contributed by atoms with Crippen LogP contribution in [0.25, 0.3) is 22.3 Å². The largest absolute Gasteiger partial charge is 0.427 e. The van der Waals surface area contributed by atoms with Gasteiger partial charge in [-0.15, -0.1) is 0 Å². The molecule has 0 fully saturated rings. The van der Waals surface area contributed by atoms with Crippen LogP contribution in [-0.2, 0) is 9.59 Å². The molecule has 2 N–H and O–H groups in total. The lowest BCUT2D eigenvalue weighted by Crippen LogP contribution is -2.14. The number of rotatable bonds is 9. The summed E-state index contributed by atoms with van der Waals surface area (Å²) in [6.07, 6.45) is -1.24. The first kappa shape index (κ1) is 26.8.